The molecule has 0 fully saturated rings. The summed E-state index contributed by atoms with van der Waals surface area (Å²) in [6, 6.07) is 3.86. The SMILES string of the molecule is C=CCCNC(=O)CCc1cccnc1. The highest BCUT2D eigenvalue weighted by Gasteiger charge is 2.00. The Morgan fingerprint density at radius 1 is 1.60 bits per heavy atom. The van der Waals surface area contributed by atoms with E-state index in [0.29, 0.717) is 13.0 Å². The maximum atomic E-state index is 11.3. The average Bonchev–Trinajstić information content (AvgIpc) is 2.28. The highest BCUT2D eigenvalue weighted by atomic mass is 16.1. The Morgan fingerprint density at radius 2 is 2.47 bits per heavy atom. The van der Waals surface area contributed by atoms with Crippen LogP contribution in [-0.4, -0.2) is 17.4 Å². The second kappa shape index (κ2) is 6.76. The van der Waals surface area contributed by atoms with Crippen molar-refractivity contribution >= 4 is 5.91 Å². The van der Waals surface area contributed by atoms with Crippen LogP contribution in [0.25, 0.3) is 0 Å². The van der Waals surface area contributed by atoms with E-state index in [9.17, 15) is 4.79 Å². The van der Waals surface area contributed by atoms with E-state index in [4.69, 9.17) is 0 Å². The number of amides is 1. The minimum atomic E-state index is 0.0840. The number of hydrogen-bond acceptors (Lipinski definition) is 2. The Kier molecular flexibility index (Phi) is 5.15. The molecule has 0 aliphatic rings. The molecule has 3 heteroatoms. The summed E-state index contributed by atoms with van der Waals surface area (Å²) in [5, 5.41) is 2.82. The topological polar surface area (TPSA) is 42.0 Å². The molecule has 0 atom stereocenters. The third-order valence-corrected chi connectivity index (χ3v) is 2.03. The van der Waals surface area contributed by atoms with E-state index in [2.05, 4.69) is 16.9 Å². The van der Waals surface area contributed by atoms with Crippen molar-refractivity contribution < 1.29 is 4.79 Å². The predicted molar refractivity (Wildman–Crippen MR) is 60.4 cm³/mol. The quantitative estimate of drug-likeness (QED) is 0.566. The number of nitrogens with zero attached hydrogens (tertiary/aromatic N) is 1. The number of carbonyl (C=O) groups is 1. The van der Waals surface area contributed by atoms with Gasteiger partial charge in [0.25, 0.3) is 0 Å². The van der Waals surface area contributed by atoms with Gasteiger partial charge >= 0.3 is 0 Å². The maximum Gasteiger partial charge on any atom is 0.220 e. The molecule has 0 bridgehead atoms. The minimum Gasteiger partial charge on any atom is -0.356 e. The number of hydrogen-bond donors (Lipinski definition) is 1. The molecule has 1 amide bonds. The Balaban J connectivity index is 2.20. The van der Waals surface area contributed by atoms with Crippen LogP contribution in [0.15, 0.2) is 37.2 Å². The van der Waals surface area contributed by atoms with Gasteiger partial charge in [-0.05, 0) is 24.5 Å². The molecule has 15 heavy (non-hydrogen) atoms. The molecule has 1 rings (SSSR count). The van der Waals surface area contributed by atoms with Gasteiger partial charge in [0.15, 0.2) is 0 Å². The second-order valence-corrected chi connectivity index (χ2v) is 3.29. The summed E-state index contributed by atoms with van der Waals surface area (Å²) >= 11 is 0. The van der Waals surface area contributed by atoms with Gasteiger partial charge in [-0.2, -0.15) is 0 Å². The summed E-state index contributed by atoms with van der Waals surface area (Å²) in [5.74, 6) is 0.0840. The Hall–Kier alpha value is -1.64. The van der Waals surface area contributed by atoms with Gasteiger partial charge in [0.1, 0.15) is 0 Å². The van der Waals surface area contributed by atoms with Crippen molar-refractivity contribution in [2.24, 2.45) is 0 Å². The average molecular weight is 204 g/mol. The molecule has 0 aromatic carbocycles. The van der Waals surface area contributed by atoms with E-state index in [1.807, 2.05) is 12.1 Å². The van der Waals surface area contributed by atoms with Crippen molar-refractivity contribution in [3.05, 3.63) is 42.7 Å². The summed E-state index contributed by atoms with van der Waals surface area (Å²) in [4.78, 5) is 15.3. The lowest BCUT2D eigenvalue weighted by atomic mass is 10.1. The van der Waals surface area contributed by atoms with E-state index in [-0.39, 0.29) is 5.91 Å². The van der Waals surface area contributed by atoms with Gasteiger partial charge in [0.2, 0.25) is 5.91 Å². The first-order valence-corrected chi connectivity index (χ1v) is 5.09. The minimum absolute atomic E-state index is 0.0840. The van der Waals surface area contributed by atoms with Gasteiger partial charge in [0.05, 0.1) is 0 Å². The van der Waals surface area contributed by atoms with E-state index < -0.39 is 0 Å². The Labute approximate surface area is 90.2 Å². The predicted octanol–water partition coefficient (Wildman–Crippen LogP) is 1.71. The summed E-state index contributed by atoms with van der Waals surface area (Å²) in [5.41, 5.74) is 1.09. The third kappa shape index (κ3) is 4.96. The number of aromatic nitrogens is 1. The first-order chi connectivity index (χ1) is 7.33. The molecule has 0 aliphatic heterocycles. The van der Waals surface area contributed by atoms with Crippen molar-refractivity contribution in [2.75, 3.05) is 6.54 Å². The van der Waals surface area contributed by atoms with Gasteiger partial charge in [-0.3, -0.25) is 9.78 Å². The molecule has 0 aliphatic carbocycles. The van der Waals surface area contributed by atoms with Crippen LogP contribution < -0.4 is 5.32 Å². The van der Waals surface area contributed by atoms with E-state index in [0.717, 1.165) is 18.4 Å². The van der Waals surface area contributed by atoms with Crippen LogP contribution in [0, 0.1) is 0 Å². The fraction of sp³-hybridized carbons (Fsp3) is 0.333. The first kappa shape index (κ1) is 11.4. The maximum absolute atomic E-state index is 11.3. The van der Waals surface area contributed by atoms with Gasteiger partial charge in [-0.15, -0.1) is 6.58 Å². The molecule has 1 aromatic rings. The molecule has 0 spiro atoms. The summed E-state index contributed by atoms with van der Waals surface area (Å²) in [6.07, 6.45) is 7.39. The zero-order chi connectivity index (χ0) is 10.9. The fourth-order valence-electron chi connectivity index (χ4n) is 1.21. The van der Waals surface area contributed by atoms with Gasteiger partial charge in [0, 0.05) is 25.4 Å². The first-order valence-electron chi connectivity index (χ1n) is 5.09. The van der Waals surface area contributed by atoms with Crippen molar-refractivity contribution in [1.29, 1.82) is 0 Å². The normalized spacial score (nSPS) is 9.60. The summed E-state index contributed by atoms with van der Waals surface area (Å²) in [6.45, 7) is 4.27. The van der Waals surface area contributed by atoms with Crippen molar-refractivity contribution in [1.82, 2.24) is 10.3 Å². The molecule has 1 heterocycles. The molecular weight excluding hydrogens is 188 g/mol. The van der Waals surface area contributed by atoms with Crippen LogP contribution in [0.5, 0.6) is 0 Å². The van der Waals surface area contributed by atoms with E-state index in [1.54, 1.807) is 18.5 Å². The van der Waals surface area contributed by atoms with Crippen LogP contribution in [0.2, 0.25) is 0 Å². The standard InChI is InChI=1S/C12H16N2O/c1-2-3-9-14-12(15)7-6-11-5-4-8-13-10-11/h2,4-5,8,10H,1,3,6-7,9H2,(H,14,15). The molecule has 0 radical (unpaired) electrons. The highest BCUT2D eigenvalue weighted by Crippen LogP contribution is 1.99. The van der Waals surface area contributed by atoms with Crippen LogP contribution in [0.1, 0.15) is 18.4 Å². The van der Waals surface area contributed by atoms with Gasteiger partial charge < -0.3 is 5.32 Å². The van der Waals surface area contributed by atoms with E-state index in [1.165, 1.54) is 0 Å². The number of pyridine rings is 1. The summed E-state index contributed by atoms with van der Waals surface area (Å²) < 4.78 is 0. The number of nitrogens with one attached hydrogen (secondary N) is 1. The highest BCUT2D eigenvalue weighted by molar-refractivity contribution is 5.76. The van der Waals surface area contributed by atoms with E-state index >= 15 is 0 Å². The molecule has 0 unspecified atom stereocenters. The van der Waals surface area contributed by atoms with Crippen molar-refractivity contribution in [3.8, 4) is 0 Å². The lowest BCUT2D eigenvalue weighted by Crippen LogP contribution is -2.24. The number of rotatable bonds is 6. The number of aryl methyl sites for hydroxylation is 1. The Bertz CT molecular complexity index is 309. The van der Waals surface area contributed by atoms with Crippen molar-refractivity contribution in [2.45, 2.75) is 19.3 Å². The number of carbonyl (C=O) groups excluding carboxylic acids is 1. The molecule has 1 aromatic heterocycles. The second-order valence-electron chi connectivity index (χ2n) is 3.29. The monoisotopic (exact) mass is 204 g/mol. The molecule has 80 valence electrons. The largest absolute Gasteiger partial charge is 0.356 e. The molecule has 0 saturated carbocycles. The van der Waals surface area contributed by atoms with Crippen molar-refractivity contribution in [3.63, 3.8) is 0 Å². The molecule has 3 nitrogen and oxygen atoms in total. The lowest BCUT2D eigenvalue weighted by Gasteiger charge is -2.03. The molecule has 0 saturated heterocycles. The van der Waals surface area contributed by atoms with Gasteiger partial charge in [-0.1, -0.05) is 12.1 Å². The Morgan fingerprint density at radius 3 is 3.13 bits per heavy atom. The summed E-state index contributed by atoms with van der Waals surface area (Å²) in [7, 11) is 0. The lowest BCUT2D eigenvalue weighted by molar-refractivity contribution is -0.121. The molecular formula is C12H16N2O. The smallest absolute Gasteiger partial charge is 0.220 e. The van der Waals surface area contributed by atoms with Gasteiger partial charge in [-0.25, -0.2) is 0 Å². The molecule has 1 N–H and O–H groups in total. The van der Waals surface area contributed by atoms with Crippen LogP contribution in [-0.2, 0) is 11.2 Å². The van der Waals surface area contributed by atoms with Crippen LogP contribution in [0.4, 0.5) is 0 Å². The third-order valence-electron chi connectivity index (χ3n) is 2.03. The fourth-order valence-corrected chi connectivity index (χ4v) is 1.21. The zero-order valence-electron chi connectivity index (χ0n) is 8.78. The van der Waals surface area contributed by atoms with Crippen LogP contribution in [0.3, 0.4) is 0 Å². The van der Waals surface area contributed by atoms with Crippen LogP contribution >= 0.6 is 0 Å². The zero-order valence-corrected chi connectivity index (χ0v) is 8.78.